The second-order valence-corrected chi connectivity index (χ2v) is 6.37. The van der Waals surface area contributed by atoms with E-state index in [1.807, 2.05) is 66.7 Å². The summed E-state index contributed by atoms with van der Waals surface area (Å²) in [5.74, 6) is -0.00283. The van der Waals surface area contributed by atoms with Gasteiger partial charge < -0.3 is 15.1 Å². The van der Waals surface area contributed by atoms with Gasteiger partial charge in [0.05, 0.1) is 17.3 Å². The number of aryl methyl sites for hydroxylation is 1. The Kier molecular flexibility index (Phi) is 4.05. The largest absolute Gasteiger partial charge is 0.506 e. The van der Waals surface area contributed by atoms with Crippen LogP contribution < -0.4 is 11.0 Å². The Bertz CT molecular complexity index is 1080. The molecule has 5 nitrogen and oxygen atoms in total. The summed E-state index contributed by atoms with van der Waals surface area (Å²) in [5, 5.41) is 15.6. The van der Waals surface area contributed by atoms with E-state index >= 15 is 0 Å². The van der Waals surface area contributed by atoms with E-state index in [0.717, 1.165) is 5.56 Å². The smallest absolute Gasteiger partial charge is 0.263 e. The molecule has 1 aliphatic heterocycles. The van der Waals surface area contributed by atoms with Crippen LogP contribution >= 0.6 is 0 Å². The molecule has 0 unspecified atom stereocenters. The molecule has 1 aromatic heterocycles. The minimum atomic E-state index is -0.241. The van der Waals surface area contributed by atoms with E-state index < -0.39 is 0 Å². The molecule has 4 rings (SSSR count). The first-order valence-electron chi connectivity index (χ1n) is 8.51. The molecule has 2 N–H and O–H groups in total. The van der Waals surface area contributed by atoms with E-state index in [1.165, 1.54) is 0 Å². The predicted octanol–water partition coefficient (Wildman–Crippen LogP) is 3.02. The molecule has 0 saturated heterocycles. The van der Waals surface area contributed by atoms with Gasteiger partial charge in [-0.2, -0.15) is 5.10 Å². The van der Waals surface area contributed by atoms with Crippen LogP contribution in [0.2, 0.25) is 0 Å². The lowest BCUT2D eigenvalue weighted by molar-refractivity contribution is 0.478. The number of nitrogens with zero attached hydrogens (tertiary/aromatic N) is 2. The highest BCUT2D eigenvalue weighted by molar-refractivity contribution is 6.07. The molecule has 0 amide bonds. The number of hydrogen-bond donors (Lipinski definition) is 2. The van der Waals surface area contributed by atoms with Crippen LogP contribution in [0.1, 0.15) is 17.5 Å². The highest BCUT2D eigenvalue weighted by atomic mass is 16.3. The third-order valence-corrected chi connectivity index (χ3v) is 4.66. The summed E-state index contributed by atoms with van der Waals surface area (Å²) >= 11 is 0. The molecule has 0 spiro atoms. The van der Waals surface area contributed by atoms with Gasteiger partial charge in [-0.05, 0) is 17.7 Å². The molecule has 26 heavy (non-hydrogen) atoms. The topological polar surface area (TPSA) is 66.6 Å². The first-order valence-corrected chi connectivity index (χ1v) is 8.51. The lowest BCUT2D eigenvalue weighted by Gasteiger charge is -2.11. The maximum atomic E-state index is 12.8. The number of para-hydroxylation sites is 1. The predicted molar refractivity (Wildman–Crippen MR) is 104 cm³/mol. The summed E-state index contributed by atoms with van der Waals surface area (Å²) in [6, 6.07) is 17.3. The number of pyridine rings is 1. The van der Waals surface area contributed by atoms with Crippen molar-refractivity contribution in [1.82, 2.24) is 9.99 Å². The highest BCUT2D eigenvalue weighted by Gasteiger charge is 2.25. The van der Waals surface area contributed by atoms with Gasteiger partial charge in [0.2, 0.25) is 0 Å². The van der Waals surface area contributed by atoms with Gasteiger partial charge in [0.1, 0.15) is 11.3 Å². The van der Waals surface area contributed by atoms with E-state index in [-0.39, 0.29) is 22.9 Å². The Morgan fingerprint density at radius 2 is 1.88 bits per heavy atom. The summed E-state index contributed by atoms with van der Waals surface area (Å²) in [6.45, 7) is 0. The van der Waals surface area contributed by atoms with E-state index in [1.54, 1.807) is 11.6 Å². The zero-order chi connectivity index (χ0) is 18.1. The van der Waals surface area contributed by atoms with Crippen molar-refractivity contribution >= 4 is 22.7 Å². The molecule has 1 aliphatic rings. The lowest BCUT2D eigenvalue weighted by Crippen LogP contribution is -2.25. The van der Waals surface area contributed by atoms with Gasteiger partial charge in [-0.15, -0.1) is 0 Å². The fourth-order valence-corrected chi connectivity index (χ4v) is 3.26. The van der Waals surface area contributed by atoms with Gasteiger partial charge in [-0.3, -0.25) is 4.79 Å². The fourth-order valence-electron chi connectivity index (χ4n) is 3.26. The van der Waals surface area contributed by atoms with Crippen LogP contribution in [0.25, 0.3) is 17.0 Å². The van der Waals surface area contributed by atoms with E-state index in [0.29, 0.717) is 23.0 Å². The highest BCUT2D eigenvalue weighted by Crippen LogP contribution is 2.28. The molecule has 0 aliphatic carbocycles. The molecule has 3 aromatic rings. The Hall–Kier alpha value is -3.34. The van der Waals surface area contributed by atoms with Gasteiger partial charge >= 0.3 is 0 Å². The number of nitrogens with one attached hydrogen (secondary N) is 1. The Morgan fingerprint density at radius 1 is 1.15 bits per heavy atom. The van der Waals surface area contributed by atoms with E-state index in [9.17, 15) is 9.90 Å². The minimum absolute atomic E-state index is 0.00283. The number of fused-ring (bicyclic) bond motifs is 1. The van der Waals surface area contributed by atoms with Crippen molar-refractivity contribution in [3.63, 3.8) is 0 Å². The number of rotatable bonds is 3. The van der Waals surface area contributed by atoms with Crippen LogP contribution in [-0.4, -0.2) is 21.4 Å². The Morgan fingerprint density at radius 3 is 2.69 bits per heavy atom. The zero-order valence-corrected chi connectivity index (χ0v) is 14.4. The van der Waals surface area contributed by atoms with E-state index in [2.05, 4.69) is 10.5 Å². The van der Waals surface area contributed by atoms with Crippen LogP contribution in [-0.2, 0) is 7.05 Å². The molecule has 0 fully saturated rings. The maximum absolute atomic E-state index is 12.8. The Labute approximate surface area is 150 Å². The molecular weight excluding hydrogens is 326 g/mol. The average Bonchev–Trinajstić information content (AvgIpc) is 3.14. The van der Waals surface area contributed by atoms with Gasteiger partial charge in [-0.1, -0.05) is 54.6 Å². The number of benzene rings is 2. The molecule has 2 heterocycles. The number of aromatic nitrogens is 1. The van der Waals surface area contributed by atoms with Crippen LogP contribution in [0, 0.1) is 0 Å². The van der Waals surface area contributed by atoms with Gasteiger partial charge in [-0.25, -0.2) is 0 Å². The molecule has 2 aromatic carbocycles. The molecule has 0 bridgehead atoms. The van der Waals surface area contributed by atoms with Crippen LogP contribution in [0.4, 0.5) is 0 Å². The summed E-state index contributed by atoms with van der Waals surface area (Å²) in [6.07, 6.45) is 4.59. The van der Waals surface area contributed by atoms with Crippen molar-refractivity contribution in [3.05, 3.63) is 82.2 Å². The minimum Gasteiger partial charge on any atom is -0.506 e. The summed E-state index contributed by atoms with van der Waals surface area (Å²) < 4.78 is 1.56. The van der Waals surface area contributed by atoms with Crippen molar-refractivity contribution in [2.75, 3.05) is 0 Å². The number of hydrogen-bond acceptors (Lipinski definition) is 4. The third-order valence-electron chi connectivity index (χ3n) is 4.66. The van der Waals surface area contributed by atoms with Crippen LogP contribution in [0.5, 0.6) is 5.75 Å². The maximum Gasteiger partial charge on any atom is 0.263 e. The van der Waals surface area contributed by atoms with Crippen LogP contribution in [0.3, 0.4) is 0 Å². The first kappa shape index (κ1) is 16.1. The quantitative estimate of drug-likeness (QED) is 0.767. The molecule has 0 radical (unpaired) electrons. The van der Waals surface area contributed by atoms with Gasteiger partial charge in [0.25, 0.3) is 5.56 Å². The lowest BCUT2D eigenvalue weighted by atomic mass is 10.0. The summed E-state index contributed by atoms with van der Waals surface area (Å²) in [5.41, 5.74) is 5.45. The number of hydrazone groups is 1. The summed E-state index contributed by atoms with van der Waals surface area (Å²) in [4.78, 5) is 12.8. The van der Waals surface area contributed by atoms with Crippen molar-refractivity contribution in [1.29, 1.82) is 0 Å². The van der Waals surface area contributed by atoms with Crippen molar-refractivity contribution < 1.29 is 5.11 Å². The molecule has 1 atom stereocenters. The van der Waals surface area contributed by atoms with Crippen molar-refractivity contribution in [2.24, 2.45) is 12.1 Å². The normalized spacial score (nSPS) is 16.8. The van der Waals surface area contributed by atoms with E-state index in [4.69, 9.17) is 0 Å². The van der Waals surface area contributed by atoms with Crippen molar-refractivity contribution in [2.45, 2.75) is 12.5 Å². The second kappa shape index (κ2) is 6.52. The number of aromatic hydroxyl groups is 1. The monoisotopic (exact) mass is 345 g/mol. The molecule has 0 saturated carbocycles. The molecular formula is C21H19N3O2. The SMILES string of the molecule is Cn1c(=O)c(C2=NN[C@@H](/C=C/c3ccccc3)C2)c(O)c2ccccc21. The van der Waals surface area contributed by atoms with Gasteiger partial charge in [0, 0.05) is 18.9 Å². The van der Waals surface area contributed by atoms with Gasteiger partial charge in [0.15, 0.2) is 0 Å². The Balaban J connectivity index is 1.65. The first-order chi connectivity index (χ1) is 12.6. The average molecular weight is 345 g/mol. The zero-order valence-electron chi connectivity index (χ0n) is 14.4. The molecule has 130 valence electrons. The fraction of sp³-hybridized carbons (Fsp3) is 0.143. The standard InChI is InChI=1S/C21H19N3O2/c1-24-18-10-6-5-9-16(18)20(25)19(21(24)26)17-13-15(22-23-17)12-11-14-7-3-2-4-8-14/h2-12,15,22,25H,13H2,1H3/b12-11+/t15-/m0/s1. The van der Waals surface area contributed by atoms with Crippen LogP contribution in [0.15, 0.2) is 70.6 Å². The molecule has 5 heteroatoms. The third kappa shape index (κ3) is 2.77. The summed E-state index contributed by atoms with van der Waals surface area (Å²) in [7, 11) is 1.71. The second-order valence-electron chi connectivity index (χ2n) is 6.37. The van der Waals surface area contributed by atoms with Crippen molar-refractivity contribution in [3.8, 4) is 5.75 Å².